The Bertz CT molecular complexity index is 687. The van der Waals surface area contributed by atoms with Crippen molar-refractivity contribution in [3.05, 3.63) is 24.4 Å². The zero-order chi connectivity index (χ0) is 21.4. The average Bonchev–Trinajstić information content (AvgIpc) is 2.68. The van der Waals surface area contributed by atoms with E-state index in [1.807, 2.05) is 13.8 Å². The first-order chi connectivity index (χ1) is 13.8. The molecule has 0 spiro atoms. The molecule has 1 aliphatic rings. The van der Waals surface area contributed by atoms with Crippen molar-refractivity contribution in [3.63, 3.8) is 0 Å². The summed E-state index contributed by atoms with van der Waals surface area (Å²) in [6.45, 7) is 5.56. The molecule has 1 heterocycles. The van der Waals surface area contributed by atoms with Crippen molar-refractivity contribution >= 4 is 23.6 Å². The number of anilines is 1. The number of nitrogens with zero attached hydrogens (tertiary/aromatic N) is 1. The van der Waals surface area contributed by atoms with Crippen molar-refractivity contribution in [3.8, 4) is 0 Å². The molecule has 1 saturated carbocycles. The number of rotatable bonds is 9. The number of nitrogens with one attached hydrogen (secondary N) is 2. The van der Waals surface area contributed by atoms with E-state index in [0.29, 0.717) is 12.2 Å². The number of carboxylic acid groups (broad SMARTS) is 1. The standard InChI is InChI=1S/C22H33N3O4/c1-14(2)13-17(19(22(28)29)16-9-5-4-6-10-16)21(27)24-15(3)20(26)25-18-11-7-8-12-23-18/h7-8,11-12,14-17,19H,4-6,9-10,13H2,1-3H3,(H,24,27)(H,28,29)(H,23,25,26)/t15-,17?,19-/m0/s1. The van der Waals surface area contributed by atoms with Gasteiger partial charge >= 0.3 is 5.97 Å². The molecule has 160 valence electrons. The molecule has 0 bridgehead atoms. The van der Waals surface area contributed by atoms with Crippen LogP contribution in [0.3, 0.4) is 0 Å². The third-order valence-electron chi connectivity index (χ3n) is 5.61. The minimum Gasteiger partial charge on any atom is -0.481 e. The van der Waals surface area contributed by atoms with Gasteiger partial charge in [0.25, 0.3) is 0 Å². The third kappa shape index (κ3) is 6.84. The predicted molar refractivity (Wildman–Crippen MR) is 111 cm³/mol. The van der Waals surface area contributed by atoms with Crippen LogP contribution in [0, 0.1) is 23.7 Å². The van der Waals surface area contributed by atoms with Crippen LogP contribution in [0.5, 0.6) is 0 Å². The van der Waals surface area contributed by atoms with Crippen molar-refractivity contribution in [1.82, 2.24) is 10.3 Å². The maximum Gasteiger partial charge on any atom is 0.307 e. The number of hydrogen-bond donors (Lipinski definition) is 3. The summed E-state index contributed by atoms with van der Waals surface area (Å²) in [5.74, 6) is -2.44. The molecular formula is C22H33N3O4. The number of pyridine rings is 1. The fourth-order valence-corrected chi connectivity index (χ4v) is 4.18. The Morgan fingerprint density at radius 2 is 1.79 bits per heavy atom. The highest BCUT2D eigenvalue weighted by atomic mass is 16.4. The van der Waals surface area contributed by atoms with Gasteiger partial charge in [0, 0.05) is 6.20 Å². The van der Waals surface area contributed by atoms with Gasteiger partial charge in [-0.15, -0.1) is 0 Å². The molecule has 1 aliphatic carbocycles. The molecule has 1 fully saturated rings. The molecule has 29 heavy (non-hydrogen) atoms. The Balaban J connectivity index is 2.10. The lowest BCUT2D eigenvalue weighted by Crippen LogP contribution is -2.48. The summed E-state index contributed by atoms with van der Waals surface area (Å²) >= 11 is 0. The van der Waals surface area contributed by atoms with Crippen molar-refractivity contribution in [2.45, 2.75) is 65.3 Å². The highest BCUT2D eigenvalue weighted by Gasteiger charge is 2.40. The number of carbonyl (C=O) groups is 3. The van der Waals surface area contributed by atoms with Gasteiger partial charge < -0.3 is 15.7 Å². The first-order valence-electron chi connectivity index (χ1n) is 10.5. The summed E-state index contributed by atoms with van der Waals surface area (Å²) in [5.41, 5.74) is 0. The van der Waals surface area contributed by atoms with E-state index in [1.54, 1.807) is 31.3 Å². The van der Waals surface area contributed by atoms with Gasteiger partial charge in [-0.05, 0) is 50.2 Å². The Labute approximate surface area is 172 Å². The van der Waals surface area contributed by atoms with Crippen LogP contribution in [0.15, 0.2) is 24.4 Å². The molecule has 2 amide bonds. The summed E-state index contributed by atoms with van der Waals surface area (Å²) < 4.78 is 0. The zero-order valence-electron chi connectivity index (χ0n) is 17.6. The summed E-state index contributed by atoms with van der Waals surface area (Å²) in [5, 5.41) is 15.3. The van der Waals surface area contributed by atoms with E-state index in [4.69, 9.17) is 0 Å². The molecule has 3 atom stereocenters. The number of aliphatic carboxylic acids is 1. The van der Waals surface area contributed by atoms with Crippen LogP contribution in [-0.2, 0) is 14.4 Å². The normalized spacial score (nSPS) is 17.9. The molecule has 0 saturated heterocycles. The molecule has 7 heteroatoms. The van der Waals surface area contributed by atoms with E-state index in [-0.39, 0.29) is 23.7 Å². The van der Waals surface area contributed by atoms with Crippen molar-refractivity contribution in [1.29, 1.82) is 0 Å². The highest BCUT2D eigenvalue weighted by molar-refractivity contribution is 5.97. The number of amides is 2. The van der Waals surface area contributed by atoms with Gasteiger partial charge in [0.1, 0.15) is 11.9 Å². The molecule has 2 rings (SSSR count). The SMILES string of the molecule is CC(C)CC(C(=O)N[C@@H](C)C(=O)Nc1ccccn1)[C@@H](C(=O)O)C1CCCCC1. The number of aromatic nitrogens is 1. The topological polar surface area (TPSA) is 108 Å². The highest BCUT2D eigenvalue weighted by Crippen LogP contribution is 2.36. The molecule has 1 aromatic rings. The minimum absolute atomic E-state index is 0.00778. The molecule has 0 aliphatic heterocycles. The van der Waals surface area contributed by atoms with Crippen LogP contribution in [0.4, 0.5) is 5.82 Å². The average molecular weight is 404 g/mol. The van der Waals surface area contributed by atoms with E-state index in [2.05, 4.69) is 15.6 Å². The molecule has 1 aromatic heterocycles. The van der Waals surface area contributed by atoms with Gasteiger partial charge in [0.05, 0.1) is 11.8 Å². The van der Waals surface area contributed by atoms with Gasteiger partial charge in [-0.2, -0.15) is 0 Å². The van der Waals surface area contributed by atoms with Crippen LogP contribution in [0.1, 0.15) is 59.3 Å². The van der Waals surface area contributed by atoms with Gasteiger partial charge in [-0.3, -0.25) is 14.4 Å². The first kappa shape index (κ1) is 22.8. The Morgan fingerprint density at radius 1 is 1.10 bits per heavy atom. The fraction of sp³-hybridized carbons (Fsp3) is 0.636. The number of carboxylic acids is 1. The quantitative estimate of drug-likeness (QED) is 0.585. The second-order valence-corrected chi connectivity index (χ2v) is 8.43. The summed E-state index contributed by atoms with van der Waals surface area (Å²) in [4.78, 5) is 41.6. The van der Waals surface area contributed by atoms with E-state index in [1.165, 1.54) is 0 Å². The summed E-state index contributed by atoms with van der Waals surface area (Å²) in [6, 6.07) is 4.37. The van der Waals surface area contributed by atoms with Crippen molar-refractivity contribution < 1.29 is 19.5 Å². The second kappa shape index (κ2) is 10.9. The van der Waals surface area contributed by atoms with Gasteiger partial charge in [-0.1, -0.05) is 39.2 Å². The van der Waals surface area contributed by atoms with Crippen LogP contribution in [-0.4, -0.2) is 33.9 Å². The lowest BCUT2D eigenvalue weighted by Gasteiger charge is -2.33. The van der Waals surface area contributed by atoms with Crippen molar-refractivity contribution in [2.75, 3.05) is 5.32 Å². The van der Waals surface area contributed by atoms with E-state index >= 15 is 0 Å². The lowest BCUT2D eigenvalue weighted by molar-refractivity contribution is -0.151. The molecule has 0 radical (unpaired) electrons. The maximum atomic E-state index is 13.1. The van der Waals surface area contributed by atoms with Gasteiger partial charge in [0.2, 0.25) is 11.8 Å². The number of carbonyl (C=O) groups excluding carboxylic acids is 2. The lowest BCUT2D eigenvalue weighted by atomic mass is 9.71. The maximum absolute atomic E-state index is 13.1. The Morgan fingerprint density at radius 3 is 2.34 bits per heavy atom. The van der Waals surface area contributed by atoms with Crippen LogP contribution < -0.4 is 10.6 Å². The van der Waals surface area contributed by atoms with Crippen LogP contribution >= 0.6 is 0 Å². The van der Waals surface area contributed by atoms with E-state index < -0.39 is 23.8 Å². The third-order valence-corrected chi connectivity index (χ3v) is 5.61. The largest absolute Gasteiger partial charge is 0.481 e. The van der Waals surface area contributed by atoms with Crippen LogP contribution in [0.2, 0.25) is 0 Å². The Kier molecular flexibility index (Phi) is 8.61. The van der Waals surface area contributed by atoms with E-state index in [9.17, 15) is 19.5 Å². The molecule has 3 N–H and O–H groups in total. The Hall–Kier alpha value is -2.44. The number of hydrogen-bond acceptors (Lipinski definition) is 4. The van der Waals surface area contributed by atoms with Gasteiger partial charge in [-0.25, -0.2) is 4.98 Å². The van der Waals surface area contributed by atoms with Crippen LogP contribution in [0.25, 0.3) is 0 Å². The smallest absolute Gasteiger partial charge is 0.307 e. The minimum atomic E-state index is -0.914. The van der Waals surface area contributed by atoms with E-state index in [0.717, 1.165) is 32.1 Å². The summed E-state index contributed by atoms with van der Waals surface area (Å²) in [7, 11) is 0. The molecule has 1 unspecified atom stereocenters. The fourth-order valence-electron chi connectivity index (χ4n) is 4.18. The zero-order valence-corrected chi connectivity index (χ0v) is 17.6. The molecular weight excluding hydrogens is 370 g/mol. The predicted octanol–water partition coefficient (Wildman–Crippen LogP) is 3.47. The van der Waals surface area contributed by atoms with Gasteiger partial charge in [0.15, 0.2) is 0 Å². The summed E-state index contributed by atoms with van der Waals surface area (Å²) in [6.07, 6.45) is 6.87. The first-order valence-corrected chi connectivity index (χ1v) is 10.5. The molecule has 7 nitrogen and oxygen atoms in total. The molecule has 0 aromatic carbocycles. The monoisotopic (exact) mass is 403 g/mol. The second-order valence-electron chi connectivity index (χ2n) is 8.43. The van der Waals surface area contributed by atoms with Crippen molar-refractivity contribution in [2.24, 2.45) is 23.7 Å².